The van der Waals surface area contributed by atoms with Crippen LogP contribution in [0.1, 0.15) is 0 Å². The van der Waals surface area contributed by atoms with Crippen molar-refractivity contribution in [3.05, 3.63) is 35.5 Å². The van der Waals surface area contributed by atoms with Gasteiger partial charge in [-0.25, -0.2) is 9.97 Å². The Morgan fingerprint density at radius 2 is 2.04 bits per heavy atom. The number of nitrogen functional groups attached to an aromatic ring is 1. The molecule has 0 unspecified atom stereocenters. The van der Waals surface area contributed by atoms with Crippen molar-refractivity contribution in [2.45, 2.75) is 6.18 Å². The van der Waals surface area contributed by atoms with Crippen molar-refractivity contribution in [1.29, 1.82) is 0 Å². The molecular weight excluding hydrogens is 333 g/mol. The molecule has 3 rings (SSSR count). The number of hydrogen-bond acceptors (Lipinski definition) is 5. The fraction of sp³-hybridized carbons (Fsp3) is 0.154. The van der Waals surface area contributed by atoms with Crippen LogP contribution in [0.3, 0.4) is 0 Å². The summed E-state index contributed by atoms with van der Waals surface area (Å²) in [6.07, 6.45) is -3.07. The molecule has 0 atom stereocenters. The molecule has 0 aliphatic carbocycles. The smallest absolute Gasteiger partial charge is 0.369 e. The molecule has 0 bridgehead atoms. The monoisotopic (exact) mass is 342 g/mol. The van der Waals surface area contributed by atoms with Gasteiger partial charge in [-0.2, -0.15) is 18.2 Å². The summed E-state index contributed by atoms with van der Waals surface area (Å²) in [6.45, 7) is -1.24. The van der Waals surface area contributed by atoms with Gasteiger partial charge in [0.1, 0.15) is 12.1 Å². The molecular formula is C13H10ClF3N6. The first-order chi connectivity index (χ1) is 10.8. The maximum absolute atomic E-state index is 12.3. The van der Waals surface area contributed by atoms with Crippen LogP contribution in [0.4, 0.5) is 25.1 Å². The summed E-state index contributed by atoms with van der Waals surface area (Å²) in [6, 6.07) is 6.77. The summed E-state index contributed by atoms with van der Waals surface area (Å²) in [4.78, 5) is 11.9. The van der Waals surface area contributed by atoms with Gasteiger partial charge in [-0.15, -0.1) is 0 Å². The number of imidazole rings is 1. The normalized spacial score (nSPS) is 11.8. The van der Waals surface area contributed by atoms with E-state index in [0.29, 0.717) is 16.2 Å². The molecule has 10 heteroatoms. The van der Waals surface area contributed by atoms with Crippen LogP contribution in [0.15, 0.2) is 30.5 Å². The van der Waals surface area contributed by atoms with Crippen LogP contribution in [-0.2, 0) is 0 Å². The molecule has 1 aromatic carbocycles. The molecule has 0 radical (unpaired) electrons. The van der Waals surface area contributed by atoms with E-state index in [1.165, 1.54) is 10.8 Å². The Labute approximate surface area is 133 Å². The SMILES string of the molecule is Nc1nc2cnc(NCC(F)(F)F)nc2n1-c1cccc(Cl)c1. The lowest BCUT2D eigenvalue weighted by atomic mass is 10.3. The van der Waals surface area contributed by atoms with Crippen molar-refractivity contribution in [3.63, 3.8) is 0 Å². The number of fused-ring (bicyclic) bond motifs is 1. The van der Waals surface area contributed by atoms with Gasteiger partial charge in [0.05, 0.1) is 11.9 Å². The standard InChI is InChI=1S/C13H10ClF3N6/c14-7-2-1-3-8(4-7)23-10-9(21-11(23)18)5-19-12(22-10)20-6-13(15,16)17/h1-5H,6H2,(H2,18,21)(H,19,20,22). The molecule has 3 aromatic rings. The molecule has 0 spiro atoms. The minimum atomic E-state index is -4.37. The van der Waals surface area contributed by atoms with E-state index in [-0.39, 0.29) is 17.5 Å². The lowest BCUT2D eigenvalue weighted by Gasteiger charge is -2.09. The molecule has 2 heterocycles. The number of halogens is 4. The van der Waals surface area contributed by atoms with Crippen LogP contribution >= 0.6 is 11.6 Å². The van der Waals surface area contributed by atoms with Gasteiger partial charge >= 0.3 is 6.18 Å². The highest BCUT2D eigenvalue weighted by atomic mass is 35.5. The first kappa shape index (κ1) is 15.3. The van der Waals surface area contributed by atoms with Crippen molar-refractivity contribution < 1.29 is 13.2 Å². The molecule has 6 nitrogen and oxygen atoms in total. The Balaban J connectivity index is 2.06. The fourth-order valence-corrected chi connectivity index (χ4v) is 2.21. The van der Waals surface area contributed by atoms with Crippen LogP contribution in [-0.4, -0.2) is 32.2 Å². The van der Waals surface area contributed by atoms with Crippen molar-refractivity contribution in [2.75, 3.05) is 17.6 Å². The summed E-state index contributed by atoms with van der Waals surface area (Å²) in [5.41, 5.74) is 7.11. The second kappa shape index (κ2) is 5.58. The van der Waals surface area contributed by atoms with Crippen LogP contribution in [0.25, 0.3) is 16.9 Å². The summed E-state index contributed by atoms with van der Waals surface area (Å²) >= 11 is 5.95. The molecule has 2 aromatic heterocycles. The molecule has 23 heavy (non-hydrogen) atoms. The average Bonchev–Trinajstić information content (AvgIpc) is 2.79. The van der Waals surface area contributed by atoms with Gasteiger partial charge in [0.15, 0.2) is 5.65 Å². The quantitative estimate of drug-likeness (QED) is 0.764. The second-order valence-electron chi connectivity index (χ2n) is 4.66. The molecule has 0 amide bonds. The summed E-state index contributed by atoms with van der Waals surface area (Å²) in [5, 5.41) is 2.60. The highest BCUT2D eigenvalue weighted by Crippen LogP contribution is 2.24. The molecule has 0 fully saturated rings. The van der Waals surface area contributed by atoms with Crippen molar-refractivity contribution in [1.82, 2.24) is 19.5 Å². The van der Waals surface area contributed by atoms with E-state index in [0.717, 1.165) is 0 Å². The Kier molecular flexibility index (Phi) is 3.72. The van der Waals surface area contributed by atoms with Gasteiger partial charge in [-0.3, -0.25) is 4.57 Å². The number of hydrogen-bond donors (Lipinski definition) is 2. The van der Waals surface area contributed by atoms with Crippen LogP contribution in [0.5, 0.6) is 0 Å². The van der Waals surface area contributed by atoms with Gasteiger partial charge in [-0.1, -0.05) is 17.7 Å². The van der Waals surface area contributed by atoms with E-state index in [4.69, 9.17) is 17.3 Å². The minimum absolute atomic E-state index is 0.129. The summed E-state index contributed by atoms with van der Waals surface area (Å²) in [5.74, 6) is -0.0393. The van der Waals surface area contributed by atoms with E-state index in [1.807, 2.05) is 0 Å². The van der Waals surface area contributed by atoms with Crippen LogP contribution in [0.2, 0.25) is 5.02 Å². The highest BCUT2D eigenvalue weighted by Gasteiger charge is 2.27. The number of benzene rings is 1. The first-order valence-corrected chi connectivity index (χ1v) is 6.79. The lowest BCUT2D eigenvalue weighted by molar-refractivity contribution is -0.115. The number of nitrogens with zero attached hydrogens (tertiary/aromatic N) is 4. The third-order valence-corrected chi connectivity index (χ3v) is 3.17. The van der Waals surface area contributed by atoms with E-state index in [2.05, 4.69) is 20.3 Å². The third kappa shape index (κ3) is 3.29. The third-order valence-electron chi connectivity index (χ3n) is 2.94. The van der Waals surface area contributed by atoms with Crippen LogP contribution in [0, 0.1) is 0 Å². The number of rotatable bonds is 3. The number of anilines is 2. The van der Waals surface area contributed by atoms with Gasteiger partial charge in [0.25, 0.3) is 0 Å². The Morgan fingerprint density at radius 3 is 2.74 bits per heavy atom. The Morgan fingerprint density at radius 1 is 1.26 bits per heavy atom. The highest BCUT2D eigenvalue weighted by molar-refractivity contribution is 6.30. The fourth-order valence-electron chi connectivity index (χ4n) is 2.03. The van der Waals surface area contributed by atoms with Crippen molar-refractivity contribution >= 4 is 34.7 Å². The lowest BCUT2D eigenvalue weighted by Crippen LogP contribution is -2.22. The first-order valence-electron chi connectivity index (χ1n) is 6.41. The van der Waals surface area contributed by atoms with Crippen molar-refractivity contribution in [2.24, 2.45) is 0 Å². The topological polar surface area (TPSA) is 81.7 Å². The van der Waals surface area contributed by atoms with E-state index in [1.54, 1.807) is 24.3 Å². The second-order valence-corrected chi connectivity index (χ2v) is 5.09. The molecule has 0 aliphatic heterocycles. The number of alkyl halides is 3. The molecule has 0 aliphatic rings. The number of aromatic nitrogens is 4. The maximum Gasteiger partial charge on any atom is 0.405 e. The maximum atomic E-state index is 12.3. The van der Waals surface area contributed by atoms with Gasteiger partial charge in [0, 0.05) is 5.02 Å². The molecule has 0 saturated heterocycles. The predicted molar refractivity (Wildman–Crippen MR) is 80.6 cm³/mol. The summed E-state index contributed by atoms with van der Waals surface area (Å²) < 4.78 is 38.3. The molecule has 120 valence electrons. The largest absolute Gasteiger partial charge is 0.405 e. The predicted octanol–water partition coefficient (Wildman–Crippen LogP) is 3.03. The zero-order valence-corrected chi connectivity index (χ0v) is 12.2. The number of nitrogens with two attached hydrogens (primary N) is 1. The molecule has 0 saturated carbocycles. The zero-order chi connectivity index (χ0) is 16.6. The minimum Gasteiger partial charge on any atom is -0.369 e. The number of nitrogens with one attached hydrogen (secondary N) is 1. The van der Waals surface area contributed by atoms with E-state index < -0.39 is 12.7 Å². The van der Waals surface area contributed by atoms with Crippen molar-refractivity contribution in [3.8, 4) is 5.69 Å². The van der Waals surface area contributed by atoms with E-state index >= 15 is 0 Å². The average molecular weight is 343 g/mol. The molecule has 3 N–H and O–H groups in total. The van der Waals surface area contributed by atoms with Gasteiger partial charge < -0.3 is 11.1 Å². The zero-order valence-electron chi connectivity index (χ0n) is 11.5. The van der Waals surface area contributed by atoms with Gasteiger partial charge in [0.2, 0.25) is 11.9 Å². The van der Waals surface area contributed by atoms with E-state index in [9.17, 15) is 13.2 Å². The van der Waals surface area contributed by atoms with Crippen LogP contribution < -0.4 is 11.1 Å². The Hall–Kier alpha value is -2.55. The summed E-state index contributed by atoms with van der Waals surface area (Å²) in [7, 11) is 0. The van der Waals surface area contributed by atoms with Gasteiger partial charge in [-0.05, 0) is 18.2 Å². The Bertz CT molecular complexity index is 861.